The Kier molecular flexibility index (Phi) is 5.46. The van der Waals surface area contributed by atoms with Crippen molar-refractivity contribution in [1.82, 2.24) is 20.2 Å². The summed E-state index contributed by atoms with van der Waals surface area (Å²) in [5.74, 6) is -0.382. The van der Waals surface area contributed by atoms with Gasteiger partial charge in [-0.05, 0) is 48.9 Å². The minimum atomic E-state index is -1.94. The number of benzene rings is 1. The molecule has 11 heteroatoms. The number of halogens is 1. The van der Waals surface area contributed by atoms with E-state index in [1.807, 2.05) is 0 Å². The summed E-state index contributed by atoms with van der Waals surface area (Å²) in [7, 11) is 0. The van der Waals surface area contributed by atoms with Crippen LogP contribution >= 0.6 is 11.8 Å². The fourth-order valence-corrected chi connectivity index (χ4v) is 7.47. The maximum absolute atomic E-state index is 15.0. The topological polar surface area (TPSA) is 123 Å². The SMILES string of the molecule is CC[C@@]1(O)C(=O)OCc2c1cc1n(c2=O)Cc2c-1nc1cc(F)c(C)c3c1c2[C@@H](NC(=O)[C@H]1NCCS1)CC3. The lowest BCUT2D eigenvalue weighted by atomic mass is 9.81. The number of amides is 1. The van der Waals surface area contributed by atoms with Gasteiger partial charge in [0.1, 0.15) is 17.8 Å². The second kappa shape index (κ2) is 8.61. The minimum absolute atomic E-state index is 0.0418. The Hall–Kier alpha value is -3.28. The number of esters is 1. The van der Waals surface area contributed by atoms with Gasteiger partial charge >= 0.3 is 5.97 Å². The number of aliphatic hydroxyl groups is 1. The number of aryl methyl sites for hydroxylation is 1. The van der Waals surface area contributed by atoms with Gasteiger partial charge in [-0.15, -0.1) is 11.8 Å². The van der Waals surface area contributed by atoms with Crippen LogP contribution in [0.5, 0.6) is 0 Å². The number of hydrogen-bond acceptors (Lipinski definition) is 8. The van der Waals surface area contributed by atoms with Gasteiger partial charge < -0.3 is 19.7 Å². The molecular formula is C28H27FN4O5S. The van der Waals surface area contributed by atoms with E-state index in [0.29, 0.717) is 35.3 Å². The highest BCUT2D eigenvalue weighted by molar-refractivity contribution is 8.00. The van der Waals surface area contributed by atoms with Crippen LogP contribution in [0.4, 0.5) is 4.39 Å². The van der Waals surface area contributed by atoms with Gasteiger partial charge in [0.25, 0.3) is 5.56 Å². The van der Waals surface area contributed by atoms with Gasteiger partial charge in [0, 0.05) is 34.9 Å². The van der Waals surface area contributed by atoms with Crippen molar-refractivity contribution in [2.24, 2.45) is 0 Å². The van der Waals surface area contributed by atoms with Crippen LogP contribution in [0, 0.1) is 12.7 Å². The lowest BCUT2D eigenvalue weighted by Crippen LogP contribution is -2.44. The summed E-state index contributed by atoms with van der Waals surface area (Å²) in [4.78, 5) is 44.2. The zero-order valence-corrected chi connectivity index (χ0v) is 22.3. The predicted octanol–water partition coefficient (Wildman–Crippen LogP) is 2.29. The monoisotopic (exact) mass is 550 g/mol. The van der Waals surface area contributed by atoms with Crippen molar-refractivity contribution >= 4 is 34.5 Å². The van der Waals surface area contributed by atoms with Crippen LogP contribution in [0.1, 0.15) is 59.2 Å². The molecule has 1 fully saturated rings. The minimum Gasteiger partial charge on any atom is -0.458 e. The highest BCUT2D eigenvalue weighted by atomic mass is 32.2. The third kappa shape index (κ3) is 3.39. The molecule has 0 unspecified atom stereocenters. The number of cyclic esters (lactones) is 1. The van der Waals surface area contributed by atoms with Crippen molar-refractivity contribution in [2.75, 3.05) is 12.3 Å². The van der Waals surface area contributed by atoms with E-state index >= 15 is 4.39 Å². The fourth-order valence-electron chi connectivity index (χ4n) is 6.54. The van der Waals surface area contributed by atoms with Gasteiger partial charge in [0.2, 0.25) is 5.91 Å². The molecule has 202 valence electrons. The number of fused-ring (bicyclic) bond motifs is 5. The lowest BCUT2D eigenvalue weighted by molar-refractivity contribution is -0.172. The normalized spacial score (nSPS) is 24.8. The van der Waals surface area contributed by atoms with E-state index in [1.54, 1.807) is 36.2 Å². The van der Waals surface area contributed by atoms with Gasteiger partial charge in [-0.25, -0.2) is 14.2 Å². The number of thioether (sulfide) groups is 1. The van der Waals surface area contributed by atoms with E-state index in [9.17, 15) is 19.5 Å². The van der Waals surface area contributed by atoms with Gasteiger partial charge in [0.15, 0.2) is 5.60 Å². The van der Waals surface area contributed by atoms with E-state index in [1.165, 1.54) is 6.07 Å². The van der Waals surface area contributed by atoms with Crippen LogP contribution in [-0.2, 0) is 39.5 Å². The molecule has 3 aromatic rings. The molecule has 1 saturated heterocycles. The summed E-state index contributed by atoms with van der Waals surface area (Å²) in [6, 6.07) is 2.73. The maximum Gasteiger partial charge on any atom is 0.343 e. The van der Waals surface area contributed by atoms with Crippen LogP contribution in [-0.4, -0.2) is 44.2 Å². The molecule has 0 saturated carbocycles. The van der Waals surface area contributed by atoms with Gasteiger partial charge in [-0.2, -0.15) is 0 Å². The fraction of sp³-hybridized carbons (Fsp3) is 0.429. The molecule has 1 amide bonds. The zero-order chi connectivity index (χ0) is 27.2. The third-order valence-corrected chi connectivity index (χ3v) is 9.80. The first-order chi connectivity index (χ1) is 18.7. The summed E-state index contributed by atoms with van der Waals surface area (Å²) in [6.45, 7) is 4.18. The van der Waals surface area contributed by atoms with E-state index in [2.05, 4.69) is 10.6 Å². The van der Waals surface area contributed by atoms with Crippen molar-refractivity contribution in [3.05, 3.63) is 61.7 Å². The zero-order valence-electron chi connectivity index (χ0n) is 21.5. The Morgan fingerprint density at radius 3 is 2.90 bits per heavy atom. The van der Waals surface area contributed by atoms with Crippen molar-refractivity contribution in [1.29, 1.82) is 0 Å². The second-order valence-corrected chi connectivity index (χ2v) is 11.8. The number of carbonyl (C=O) groups is 2. The molecule has 1 aromatic carbocycles. The summed E-state index contributed by atoms with van der Waals surface area (Å²) in [5, 5.41) is 18.1. The highest BCUT2D eigenvalue weighted by Gasteiger charge is 2.46. The van der Waals surface area contributed by atoms with Crippen molar-refractivity contribution in [3.63, 3.8) is 0 Å². The van der Waals surface area contributed by atoms with Crippen LogP contribution in [0.3, 0.4) is 0 Å². The summed E-state index contributed by atoms with van der Waals surface area (Å²) < 4.78 is 21.8. The molecule has 9 nitrogen and oxygen atoms in total. The molecule has 3 atom stereocenters. The Labute approximate surface area is 227 Å². The standard InChI is InChI=1S/C28H27FN4O5S/c1-3-28(37)16-8-20-23-14(10-33(20)26(35)15(16)11-38-27(28)36)22-18(32-24(34)25-30-6-7-39-25)5-4-13-12(2)17(29)9-19(31-23)21(13)22/h8-9,18,25,30,37H,3-7,10-11H2,1-2H3,(H,32,34)/t18-,25-,28-/m0/s1. The Morgan fingerprint density at radius 2 is 2.15 bits per heavy atom. The van der Waals surface area contributed by atoms with Gasteiger partial charge in [-0.3, -0.25) is 14.9 Å². The molecule has 4 aliphatic rings. The van der Waals surface area contributed by atoms with Crippen LogP contribution in [0.25, 0.3) is 22.3 Å². The highest BCUT2D eigenvalue weighted by Crippen LogP contribution is 2.46. The average molecular weight is 551 g/mol. The van der Waals surface area contributed by atoms with E-state index in [-0.39, 0.29) is 59.4 Å². The molecule has 0 bridgehead atoms. The van der Waals surface area contributed by atoms with E-state index in [4.69, 9.17) is 9.72 Å². The van der Waals surface area contributed by atoms with Crippen molar-refractivity contribution in [3.8, 4) is 11.4 Å². The molecular weight excluding hydrogens is 523 g/mol. The van der Waals surface area contributed by atoms with Crippen LogP contribution < -0.4 is 16.2 Å². The summed E-state index contributed by atoms with van der Waals surface area (Å²) in [5.41, 5.74) is 2.67. The molecule has 0 spiro atoms. The summed E-state index contributed by atoms with van der Waals surface area (Å²) in [6.07, 6.45) is 1.22. The molecule has 2 aromatic heterocycles. The van der Waals surface area contributed by atoms with Gasteiger partial charge in [0.05, 0.1) is 35.1 Å². The molecule has 0 radical (unpaired) electrons. The molecule has 3 N–H and O–H groups in total. The van der Waals surface area contributed by atoms with E-state index < -0.39 is 11.6 Å². The number of pyridine rings is 2. The Bertz CT molecular complexity index is 1680. The number of hydrogen-bond donors (Lipinski definition) is 3. The number of carbonyl (C=O) groups excluding carboxylic acids is 2. The molecule has 5 heterocycles. The summed E-state index contributed by atoms with van der Waals surface area (Å²) >= 11 is 1.56. The van der Waals surface area contributed by atoms with Gasteiger partial charge in [-0.1, -0.05) is 6.92 Å². The third-order valence-electron chi connectivity index (χ3n) is 8.65. The first kappa shape index (κ1) is 24.7. The van der Waals surface area contributed by atoms with Crippen molar-refractivity contribution in [2.45, 2.75) is 63.3 Å². The first-order valence-electron chi connectivity index (χ1n) is 13.2. The Morgan fingerprint density at radius 1 is 1.33 bits per heavy atom. The maximum atomic E-state index is 15.0. The van der Waals surface area contributed by atoms with Crippen molar-refractivity contribution < 1.29 is 23.8 Å². The lowest BCUT2D eigenvalue weighted by Gasteiger charge is -2.31. The smallest absolute Gasteiger partial charge is 0.343 e. The molecule has 7 rings (SSSR count). The number of ether oxygens (including phenoxy) is 1. The molecule has 1 aliphatic carbocycles. The molecule has 3 aliphatic heterocycles. The van der Waals surface area contributed by atoms with E-state index in [0.717, 1.165) is 34.4 Å². The first-order valence-corrected chi connectivity index (χ1v) is 14.2. The largest absolute Gasteiger partial charge is 0.458 e. The molecule has 39 heavy (non-hydrogen) atoms. The number of rotatable bonds is 3. The predicted molar refractivity (Wildman–Crippen MR) is 143 cm³/mol. The number of nitrogens with one attached hydrogen (secondary N) is 2. The second-order valence-electron chi connectivity index (χ2n) is 10.6. The quantitative estimate of drug-likeness (QED) is 0.332. The number of aromatic nitrogens is 2. The van der Waals surface area contributed by atoms with Crippen LogP contribution in [0.15, 0.2) is 16.9 Å². The van der Waals surface area contributed by atoms with Crippen LogP contribution in [0.2, 0.25) is 0 Å². The average Bonchev–Trinajstić information content (AvgIpc) is 3.59. The Balaban J connectivity index is 1.46. The number of nitrogens with zero attached hydrogens (tertiary/aromatic N) is 2.